The number of thiophene rings is 1. The summed E-state index contributed by atoms with van der Waals surface area (Å²) in [7, 11) is 1.72. The lowest BCUT2D eigenvalue weighted by Crippen LogP contribution is -2.56. The number of pyridine rings is 1. The van der Waals surface area contributed by atoms with Crippen molar-refractivity contribution in [1.29, 1.82) is 5.26 Å². The van der Waals surface area contributed by atoms with E-state index in [0.717, 1.165) is 62.7 Å². The number of carbonyl (C=O) groups excluding carboxylic acids is 2. The zero-order valence-electron chi connectivity index (χ0n) is 35.4. The van der Waals surface area contributed by atoms with E-state index >= 15 is 8.78 Å². The van der Waals surface area contributed by atoms with Gasteiger partial charge in [0.15, 0.2) is 11.6 Å². The van der Waals surface area contributed by atoms with E-state index in [1.54, 1.807) is 32.8 Å². The Morgan fingerprint density at radius 1 is 1.03 bits per heavy atom. The molecule has 5 aliphatic rings. The first-order valence-electron chi connectivity index (χ1n) is 20.8. The molecule has 3 aromatic heterocycles. The molecule has 1 N–H and O–H groups in total. The fourth-order valence-corrected chi connectivity index (χ4v) is 10.9. The molecule has 2 bridgehead atoms. The van der Waals surface area contributed by atoms with Crippen LogP contribution in [0.3, 0.4) is 0 Å². The number of fused-ring (bicyclic) bond motifs is 7. The number of hydrogen-bond acceptors (Lipinski definition) is 14. The van der Waals surface area contributed by atoms with Crippen molar-refractivity contribution in [3.63, 3.8) is 0 Å². The zero-order valence-corrected chi connectivity index (χ0v) is 36.3. The molecule has 2 unspecified atom stereocenters. The van der Waals surface area contributed by atoms with E-state index in [0.29, 0.717) is 35.4 Å². The third-order valence-electron chi connectivity index (χ3n) is 12.3. The highest BCUT2D eigenvalue weighted by molar-refractivity contribution is 7.23. The second-order valence-electron chi connectivity index (χ2n) is 18.7. The summed E-state index contributed by atoms with van der Waals surface area (Å²) < 4.78 is 63.2. The minimum absolute atomic E-state index is 0.00308. The number of aromatic nitrogens is 3. The molecular formula is C43H50F2N8O7S. The van der Waals surface area contributed by atoms with Crippen molar-refractivity contribution in [2.75, 3.05) is 50.1 Å². The number of nitrogens with one attached hydrogen (secondary N) is 1. The quantitative estimate of drug-likeness (QED) is 0.193. The van der Waals surface area contributed by atoms with Gasteiger partial charge in [-0.05, 0) is 91.3 Å². The predicted molar refractivity (Wildman–Crippen MR) is 223 cm³/mol. The van der Waals surface area contributed by atoms with Gasteiger partial charge in [0.2, 0.25) is 0 Å². The third-order valence-corrected chi connectivity index (χ3v) is 13.5. The number of methoxy groups -OCH3 is 1. The Morgan fingerprint density at radius 3 is 2.44 bits per heavy atom. The summed E-state index contributed by atoms with van der Waals surface area (Å²) in [5.74, 6) is -1.01. The van der Waals surface area contributed by atoms with E-state index in [2.05, 4.69) is 26.2 Å². The Balaban J connectivity index is 1.19. The smallest absolute Gasteiger partial charge is 0.412 e. The van der Waals surface area contributed by atoms with Gasteiger partial charge in [-0.1, -0.05) is 0 Å². The van der Waals surface area contributed by atoms with Gasteiger partial charge in [-0.2, -0.15) is 15.2 Å². The molecule has 4 atom stereocenters. The minimum atomic E-state index is -0.839. The van der Waals surface area contributed by atoms with E-state index in [1.807, 2.05) is 20.8 Å². The van der Waals surface area contributed by atoms with Crippen LogP contribution in [0.15, 0.2) is 6.20 Å². The molecule has 0 radical (unpaired) electrons. The lowest BCUT2D eigenvalue weighted by atomic mass is 9.93. The lowest BCUT2D eigenvalue weighted by molar-refractivity contribution is 0.0209. The molecule has 18 heteroatoms. The molecule has 5 aliphatic heterocycles. The van der Waals surface area contributed by atoms with Crippen molar-refractivity contribution in [3.8, 4) is 23.3 Å². The fraction of sp³-hybridized carbons (Fsp3) is 0.581. The molecular weight excluding hydrogens is 811 g/mol. The highest BCUT2D eigenvalue weighted by Crippen LogP contribution is 2.49. The molecule has 4 fully saturated rings. The summed E-state index contributed by atoms with van der Waals surface area (Å²) in [6.45, 7) is 13.5. The summed E-state index contributed by atoms with van der Waals surface area (Å²) in [5, 5.41) is 13.6. The molecule has 4 saturated heterocycles. The maximum absolute atomic E-state index is 18.0. The molecule has 15 nitrogen and oxygen atoms in total. The third kappa shape index (κ3) is 7.36. The van der Waals surface area contributed by atoms with Gasteiger partial charge in [-0.3, -0.25) is 15.2 Å². The van der Waals surface area contributed by atoms with E-state index in [4.69, 9.17) is 33.7 Å². The molecule has 8 heterocycles. The number of halogens is 2. The molecule has 324 valence electrons. The van der Waals surface area contributed by atoms with Gasteiger partial charge in [0.05, 0.1) is 52.4 Å². The van der Waals surface area contributed by atoms with Crippen molar-refractivity contribution in [2.24, 2.45) is 0 Å². The van der Waals surface area contributed by atoms with Crippen molar-refractivity contribution in [3.05, 3.63) is 34.5 Å². The zero-order chi connectivity index (χ0) is 43.2. The average molecular weight is 861 g/mol. The topological polar surface area (TPSA) is 165 Å². The average Bonchev–Trinajstić information content (AvgIpc) is 4.01. The highest BCUT2D eigenvalue weighted by atomic mass is 32.1. The Morgan fingerprint density at radius 2 is 1.75 bits per heavy atom. The number of likely N-dealkylation sites (tertiary alicyclic amines) is 1. The molecule has 61 heavy (non-hydrogen) atoms. The van der Waals surface area contributed by atoms with E-state index < -0.39 is 28.9 Å². The van der Waals surface area contributed by atoms with Crippen LogP contribution in [0, 0.1) is 23.0 Å². The van der Waals surface area contributed by atoms with Crippen molar-refractivity contribution < 1.29 is 42.1 Å². The van der Waals surface area contributed by atoms with Gasteiger partial charge in [-0.25, -0.2) is 18.4 Å². The number of nitriles is 1. The standard InChI is InChI=1S/C43H50F2N8O7S/c1-41(2,3)59-39(54)50-37-25(14-46)30-33(47-15-28(44)35(30)61-37)29-26-19-57-20-27(26)31-34(32(29)45)48-38(58-21-43-11-8-12-52(43)18-24(13-43)56-7)49-36(31)53-22-9-10-23(53)17-51(16-22)40(55)60-42(4,5)6/h15,22-24H,8-13,16-21H2,1-7H3,(H,50,54)/t22?,23?,24-,43+/m1/s1. The number of ether oxygens (including phenoxy) is 5. The summed E-state index contributed by atoms with van der Waals surface area (Å²) in [6, 6.07) is 1.78. The Labute approximate surface area is 356 Å². The first-order chi connectivity index (χ1) is 29.0. The van der Waals surface area contributed by atoms with Gasteiger partial charge in [0, 0.05) is 49.8 Å². The van der Waals surface area contributed by atoms with Gasteiger partial charge in [0.1, 0.15) is 40.2 Å². The van der Waals surface area contributed by atoms with Crippen LogP contribution >= 0.6 is 11.3 Å². The van der Waals surface area contributed by atoms with E-state index in [-0.39, 0.29) is 93.1 Å². The Hall–Kier alpha value is -4.96. The Kier molecular flexibility index (Phi) is 10.3. The van der Waals surface area contributed by atoms with Gasteiger partial charge >= 0.3 is 18.2 Å². The van der Waals surface area contributed by atoms with Crippen LogP contribution in [0.1, 0.15) is 90.3 Å². The summed E-state index contributed by atoms with van der Waals surface area (Å²) in [5.41, 5.74) is -0.772. The van der Waals surface area contributed by atoms with Crippen LogP contribution in [-0.2, 0) is 32.2 Å². The first-order valence-corrected chi connectivity index (χ1v) is 21.6. The van der Waals surface area contributed by atoms with Crippen molar-refractivity contribution in [1.82, 2.24) is 24.8 Å². The van der Waals surface area contributed by atoms with Crippen LogP contribution in [-0.4, -0.2) is 112 Å². The largest absolute Gasteiger partial charge is 0.461 e. The monoisotopic (exact) mass is 860 g/mol. The summed E-state index contributed by atoms with van der Waals surface area (Å²) in [6.07, 6.45) is 4.08. The highest BCUT2D eigenvalue weighted by Gasteiger charge is 2.50. The van der Waals surface area contributed by atoms with E-state index in [9.17, 15) is 14.9 Å². The number of benzene rings is 1. The number of rotatable bonds is 7. The summed E-state index contributed by atoms with van der Waals surface area (Å²) >= 11 is 0.839. The van der Waals surface area contributed by atoms with Gasteiger partial charge in [-0.15, -0.1) is 11.3 Å². The molecule has 0 spiro atoms. The number of piperazine rings is 1. The van der Waals surface area contributed by atoms with Crippen LogP contribution in [0.2, 0.25) is 0 Å². The summed E-state index contributed by atoms with van der Waals surface area (Å²) in [4.78, 5) is 46.8. The van der Waals surface area contributed by atoms with E-state index in [1.165, 1.54) is 0 Å². The SMILES string of the molecule is CO[C@H]1CN2CCC[C@@]2(COc2nc(N3C4CCC3CN(C(=O)OC(C)(C)C)C4)c3c4c(c(-c5ncc(F)c6sc(NC(=O)OC(C)(C)C)c(C#N)c56)c(F)c3n2)COC4)C1. The first kappa shape index (κ1) is 41.4. The molecule has 0 aliphatic carbocycles. The Bertz CT molecular complexity index is 2490. The molecule has 1 aromatic carbocycles. The lowest BCUT2D eigenvalue weighted by Gasteiger charge is -2.42. The maximum atomic E-state index is 18.0. The molecule has 2 amide bonds. The van der Waals surface area contributed by atoms with Crippen LogP contribution < -0.4 is 15.0 Å². The minimum Gasteiger partial charge on any atom is -0.461 e. The molecule has 9 rings (SSSR count). The van der Waals surface area contributed by atoms with Crippen molar-refractivity contribution >= 4 is 55.3 Å². The van der Waals surface area contributed by atoms with Gasteiger partial charge in [0.25, 0.3) is 0 Å². The number of carbonyl (C=O) groups is 2. The number of hydrogen-bond donors (Lipinski definition) is 1. The van der Waals surface area contributed by atoms with Crippen LogP contribution in [0.5, 0.6) is 6.01 Å². The number of anilines is 2. The fourth-order valence-electron chi connectivity index (χ4n) is 9.89. The van der Waals surface area contributed by atoms with Crippen LogP contribution in [0.4, 0.5) is 29.2 Å². The second-order valence-corrected chi connectivity index (χ2v) is 19.7. The maximum Gasteiger partial charge on any atom is 0.412 e. The molecule has 4 aromatic rings. The number of amides is 2. The normalized spacial score (nSPS) is 23.7. The number of nitrogens with zero attached hydrogens (tertiary/aromatic N) is 7. The predicted octanol–water partition coefficient (Wildman–Crippen LogP) is 7.65. The second kappa shape index (κ2) is 15.1. The van der Waals surface area contributed by atoms with Crippen LogP contribution in [0.25, 0.3) is 32.2 Å². The molecule has 0 saturated carbocycles. The van der Waals surface area contributed by atoms with Crippen molar-refractivity contribution in [2.45, 2.75) is 122 Å². The van der Waals surface area contributed by atoms with Gasteiger partial charge < -0.3 is 33.5 Å².